The minimum atomic E-state index is -0.141. The van der Waals surface area contributed by atoms with E-state index >= 15 is 0 Å². The molecule has 6 heteroatoms. The van der Waals surface area contributed by atoms with Crippen molar-refractivity contribution in [2.24, 2.45) is 7.05 Å². The first-order chi connectivity index (χ1) is 15.2. The van der Waals surface area contributed by atoms with Crippen molar-refractivity contribution in [1.82, 2.24) is 19.5 Å². The summed E-state index contributed by atoms with van der Waals surface area (Å²) < 4.78 is 1.89. The molecule has 5 nitrogen and oxygen atoms in total. The van der Waals surface area contributed by atoms with Crippen LogP contribution in [0.4, 0.5) is 0 Å². The highest BCUT2D eigenvalue weighted by Gasteiger charge is 2.16. The summed E-state index contributed by atoms with van der Waals surface area (Å²) in [6.07, 6.45) is 7.03. The number of aryl methyl sites for hydroxylation is 1. The Kier molecular flexibility index (Phi) is 4.98. The van der Waals surface area contributed by atoms with Gasteiger partial charge in [0, 0.05) is 36.0 Å². The predicted octanol–water partition coefficient (Wildman–Crippen LogP) is 5.51. The van der Waals surface area contributed by atoms with Crippen LogP contribution >= 0.6 is 11.6 Å². The molecule has 3 aromatic heterocycles. The number of hydrogen-bond donors (Lipinski definition) is 1. The summed E-state index contributed by atoms with van der Waals surface area (Å²) in [5.41, 5.74) is 6.87. The SMILES string of the molecule is Cn1cncc1-c1nccc(-c2ccc3ncc(-c4ccccc4)c(Cl)c3c2)c1CO. The molecule has 0 atom stereocenters. The number of aromatic nitrogens is 4. The third-order valence-electron chi connectivity index (χ3n) is 5.47. The molecular weight excluding hydrogens is 408 g/mol. The summed E-state index contributed by atoms with van der Waals surface area (Å²) in [5.74, 6) is 0. The summed E-state index contributed by atoms with van der Waals surface area (Å²) in [6, 6.07) is 17.9. The lowest BCUT2D eigenvalue weighted by molar-refractivity contribution is 0.282. The first kappa shape index (κ1) is 19.4. The number of halogens is 1. The van der Waals surface area contributed by atoms with E-state index in [2.05, 4.69) is 15.0 Å². The van der Waals surface area contributed by atoms with E-state index in [9.17, 15) is 5.11 Å². The molecule has 0 spiro atoms. The van der Waals surface area contributed by atoms with Crippen LogP contribution in [0.15, 0.2) is 79.5 Å². The Morgan fingerprint density at radius 2 is 1.77 bits per heavy atom. The quantitative estimate of drug-likeness (QED) is 0.411. The monoisotopic (exact) mass is 426 g/mol. The van der Waals surface area contributed by atoms with Crippen LogP contribution in [-0.2, 0) is 13.7 Å². The minimum Gasteiger partial charge on any atom is -0.392 e. The summed E-state index contributed by atoms with van der Waals surface area (Å²) >= 11 is 6.83. The fourth-order valence-electron chi connectivity index (χ4n) is 3.88. The van der Waals surface area contributed by atoms with Crippen molar-refractivity contribution in [3.8, 4) is 33.6 Å². The van der Waals surface area contributed by atoms with Gasteiger partial charge in [0.05, 0.1) is 41.1 Å². The second kappa shape index (κ2) is 7.95. The van der Waals surface area contributed by atoms with Gasteiger partial charge in [-0.2, -0.15) is 0 Å². The Labute approximate surface area is 184 Å². The number of rotatable bonds is 4. The number of pyridine rings is 2. The lowest BCUT2D eigenvalue weighted by Gasteiger charge is -2.14. The Hall–Kier alpha value is -3.54. The molecular formula is C25H19ClN4O. The van der Waals surface area contributed by atoms with Crippen LogP contribution in [0.2, 0.25) is 5.02 Å². The molecule has 0 amide bonds. The Bertz CT molecular complexity index is 1400. The number of aliphatic hydroxyl groups is 1. The van der Waals surface area contributed by atoms with Crippen LogP contribution in [0.3, 0.4) is 0 Å². The van der Waals surface area contributed by atoms with Crippen LogP contribution in [0.5, 0.6) is 0 Å². The van der Waals surface area contributed by atoms with E-state index in [1.54, 1.807) is 18.7 Å². The second-order valence-corrected chi connectivity index (χ2v) is 7.70. The number of benzene rings is 2. The van der Waals surface area contributed by atoms with Crippen LogP contribution in [-0.4, -0.2) is 24.6 Å². The van der Waals surface area contributed by atoms with Crippen molar-refractivity contribution in [1.29, 1.82) is 0 Å². The zero-order valence-electron chi connectivity index (χ0n) is 16.8. The maximum atomic E-state index is 10.2. The molecule has 5 rings (SSSR count). The van der Waals surface area contributed by atoms with Gasteiger partial charge in [0.25, 0.3) is 0 Å². The van der Waals surface area contributed by atoms with Crippen molar-refractivity contribution in [3.63, 3.8) is 0 Å². The van der Waals surface area contributed by atoms with Gasteiger partial charge in [-0.3, -0.25) is 9.97 Å². The Morgan fingerprint density at radius 3 is 2.52 bits per heavy atom. The van der Waals surface area contributed by atoms with Crippen molar-refractivity contribution >= 4 is 22.5 Å². The average Bonchev–Trinajstić information content (AvgIpc) is 3.25. The third kappa shape index (κ3) is 3.38. The molecule has 0 saturated heterocycles. The molecule has 5 aromatic rings. The van der Waals surface area contributed by atoms with Gasteiger partial charge in [-0.1, -0.05) is 48.0 Å². The zero-order chi connectivity index (χ0) is 21.4. The fourth-order valence-corrected chi connectivity index (χ4v) is 4.19. The highest BCUT2D eigenvalue weighted by molar-refractivity contribution is 6.38. The van der Waals surface area contributed by atoms with Gasteiger partial charge < -0.3 is 9.67 Å². The first-order valence-corrected chi connectivity index (χ1v) is 10.2. The largest absolute Gasteiger partial charge is 0.392 e. The van der Waals surface area contributed by atoms with Gasteiger partial charge in [-0.05, 0) is 34.9 Å². The molecule has 0 aliphatic carbocycles. The number of aliphatic hydroxyl groups excluding tert-OH is 1. The van der Waals surface area contributed by atoms with E-state index in [-0.39, 0.29) is 6.61 Å². The number of fused-ring (bicyclic) bond motifs is 1. The molecule has 0 bridgehead atoms. The minimum absolute atomic E-state index is 0.141. The molecule has 0 aliphatic rings. The lowest BCUT2D eigenvalue weighted by atomic mass is 9.96. The van der Waals surface area contributed by atoms with Crippen molar-refractivity contribution < 1.29 is 5.11 Å². The summed E-state index contributed by atoms with van der Waals surface area (Å²) in [5, 5.41) is 11.7. The van der Waals surface area contributed by atoms with Crippen molar-refractivity contribution in [3.05, 3.63) is 90.1 Å². The van der Waals surface area contributed by atoms with Gasteiger partial charge in [0.2, 0.25) is 0 Å². The highest BCUT2D eigenvalue weighted by Crippen LogP contribution is 2.37. The number of nitrogens with zero attached hydrogens (tertiary/aromatic N) is 4. The topological polar surface area (TPSA) is 63.8 Å². The van der Waals surface area contributed by atoms with Gasteiger partial charge in [0.15, 0.2) is 0 Å². The van der Waals surface area contributed by atoms with E-state index in [0.717, 1.165) is 44.4 Å². The molecule has 0 fully saturated rings. The van der Waals surface area contributed by atoms with Crippen molar-refractivity contribution in [2.75, 3.05) is 0 Å². The number of hydrogen-bond acceptors (Lipinski definition) is 4. The summed E-state index contributed by atoms with van der Waals surface area (Å²) in [7, 11) is 1.91. The van der Waals surface area contributed by atoms with E-state index < -0.39 is 0 Å². The molecule has 0 aliphatic heterocycles. The van der Waals surface area contributed by atoms with Gasteiger partial charge in [-0.25, -0.2) is 4.98 Å². The van der Waals surface area contributed by atoms with Gasteiger partial charge in [-0.15, -0.1) is 0 Å². The van der Waals surface area contributed by atoms with Crippen LogP contribution in [0.25, 0.3) is 44.5 Å². The molecule has 0 unspecified atom stereocenters. The number of imidazole rings is 1. The van der Waals surface area contributed by atoms with Crippen LogP contribution < -0.4 is 0 Å². The maximum absolute atomic E-state index is 10.2. The van der Waals surface area contributed by atoms with E-state index in [1.165, 1.54) is 0 Å². The molecule has 0 radical (unpaired) electrons. The standard InChI is InChI=1S/C25H19ClN4O/c1-30-15-27-13-23(30)25-21(14-31)18(9-10-28-25)17-7-8-22-19(11-17)24(26)20(12-29-22)16-5-3-2-4-6-16/h2-13,15,31H,14H2,1H3. The third-order valence-corrected chi connectivity index (χ3v) is 5.88. The molecule has 1 N–H and O–H groups in total. The van der Waals surface area contributed by atoms with E-state index in [0.29, 0.717) is 10.7 Å². The Balaban J connectivity index is 1.69. The molecule has 0 saturated carbocycles. The second-order valence-electron chi connectivity index (χ2n) is 7.32. The Morgan fingerprint density at radius 1 is 0.935 bits per heavy atom. The van der Waals surface area contributed by atoms with Crippen LogP contribution in [0.1, 0.15) is 5.56 Å². The lowest BCUT2D eigenvalue weighted by Crippen LogP contribution is -2.00. The normalized spacial score (nSPS) is 11.2. The summed E-state index contributed by atoms with van der Waals surface area (Å²) in [4.78, 5) is 13.3. The molecule has 2 aromatic carbocycles. The van der Waals surface area contributed by atoms with Crippen LogP contribution in [0, 0.1) is 0 Å². The van der Waals surface area contributed by atoms with E-state index in [4.69, 9.17) is 11.6 Å². The zero-order valence-corrected chi connectivity index (χ0v) is 17.6. The molecule has 31 heavy (non-hydrogen) atoms. The summed E-state index contributed by atoms with van der Waals surface area (Å²) in [6.45, 7) is -0.141. The average molecular weight is 427 g/mol. The molecule has 3 heterocycles. The maximum Gasteiger partial charge on any atom is 0.0948 e. The van der Waals surface area contributed by atoms with E-state index in [1.807, 2.05) is 72.4 Å². The van der Waals surface area contributed by atoms with Gasteiger partial charge >= 0.3 is 0 Å². The predicted molar refractivity (Wildman–Crippen MR) is 124 cm³/mol. The van der Waals surface area contributed by atoms with Crippen molar-refractivity contribution in [2.45, 2.75) is 6.61 Å². The first-order valence-electron chi connectivity index (χ1n) is 9.87. The fraction of sp³-hybridized carbons (Fsp3) is 0.0800. The smallest absolute Gasteiger partial charge is 0.0948 e. The molecule has 152 valence electrons. The van der Waals surface area contributed by atoms with Gasteiger partial charge in [0.1, 0.15) is 0 Å². The highest BCUT2D eigenvalue weighted by atomic mass is 35.5.